The molecule has 0 radical (unpaired) electrons. The summed E-state index contributed by atoms with van der Waals surface area (Å²) in [6.07, 6.45) is 1.63. The van der Waals surface area contributed by atoms with Crippen molar-refractivity contribution in [1.82, 2.24) is 9.97 Å². The zero-order chi connectivity index (χ0) is 10.7. The molecule has 0 atom stereocenters. The topological polar surface area (TPSA) is 54.9 Å². The summed E-state index contributed by atoms with van der Waals surface area (Å²) in [7, 11) is 0. The van der Waals surface area contributed by atoms with Crippen LogP contribution < -0.4 is 5.32 Å². The second-order valence-corrected chi connectivity index (χ2v) is 3.79. The van der Waals surface area contributed by atoms with Crippen LogP contribution in [-0.2, 0) is 0 Å². The van der Waals surface area contributed by atoms with Gasteiger partial charge in [0.15, 0.2) is 0 Å². The van der Waals surface area contributed by atoms with Gasteiger partial charge in [0.1, 0.15) is 10.7 Å². The third-order valence-corrected chi connectivity index (χ3v) is 2.79. The summed E-state index contributed by atoms with van der Waals surface area (Å²) >= 11 is 1.33. The van der Waals surface area contributed by atoms with E-state index in [2.05, 4.69) is 15.3 Å². The molecule has 0 aliphatic rings. The summed E-state index contributed by atoms with van der Waals surface area (Å²) in [6.45, 7) is 1.81. The smallest absolute Gasteiger partial charge is 0.268 e. The van der Waals surface area contributed by atoms with Crippen LogP contribution in [0.3, 0.4) is 0 Å². The first-order chi connectivity index (χ1) is 7.27. The second kappa shape index (κ2) is 4.18. The number of amides is 1. The first-order valence-corrected chi connectivity index (χ1v) is 5.28. The van der Waals surface area contributed by atoms with E-state index in [0.29, 0.717) is 10.7 Å². The van der Waals surface area contributed by atoms with Gasteiger partial charge in [-0.2, -0.15) is 0 Å². The Morgan fingerprint density at radius 1 is 1.40 bits per heavy atom. The van der Waals surface area contributed by atoms with Crippen LogP contribution in [0.4, 0.5) is 5.82 Å². The number of pyridine rings is 1. The van der Waals surface area contributed by atoms with Gasteiger partial charge in [0, 0.05) is 6.20 Å². The van der Waals surface area contributed by atoms with E-state index in [9.17, 15) is 4.79 Å². The van der Waals surface area contributed by atoms with Crippen molar-refractivity contribution in [3.63, 3.8) is 0 Å². The minimum atomic E-state index is -0.159. The van der Waals surface area contributed by atoms with Crippen molar-refractivity contribution in [2.45, 2.75) is 6.92 Å². The lowest BCUT2D eigenvalue weighted by molar-refractivity contribution is 0.102. The Kier molecular flexibility index (Phi) is 2.73. The molecule has 15 heavy (non-hydrogen) atoms. The summed E-state index contributed by atoms with van der Waals surface area (Å²) in [5.41, 5.74) is 2.40. The Morgan fingerprint density at radius 3 is 2.87 bits per heavy atom. The summed E-state index contributed by atoms with van der Waals surface area (Å²) in [6, 6.07) is 5.37. The Morgan fingerprint density at radius 2 is 2.27 bits per heavy atom. The molecule has 0 unspecified atom stereocenters. The molecule has 0 fully saturated rings. The molecule has 0 aliphatic carbocycles. The second-order valence-electron chi connectivity index (χ2n) is 2.94. The van der Waals surface area contributed by atoms with Crippen molar-refractivity contribution < 1.29 is 4.79 Å². The lowest BCUT2D eigenvalue weighted by atomic mass is 10.3. The maximum absolute atomic E-state index is 11.7. The fourth-order valence-corrected chi connectivity index (χ4v) is 1.83. The van der Waals surface area contributed by atoms with E-state index in [1.807, 2.05) is 13.0 Å². The molecule has 1 N–H and O–H groups in total. The van der Waals surface area contributed by atoms with Gasteiger partial charge in [0.25, 0.3) is 5.91 Å². The number of aryl methyl sites for hydroxylation is 1. The maximum Gasteiger partial charge on any atom is 0.268 e. The molecule has 2 heterocycles. The number of carbonyl (C=O) groups excluding carboxylic acids is 1. The predicted molar refractivity (Wildman–Crippen MR) is 59.0 cm³/mol. The average Bonchev–Trinajstić information content (AvgIpc) is 2.66. The van der Waals surface area contributed by atoms with Crippen LogP contribution in [0.2, 0.25) is 0 Å². The van der Waals surface area contributed by atoms with E-state index < -0.39 is 0 Å². The fourth-order valence-electron chi connectivity index (χ4n) is 1.13. The highest BCUT2D eigenvalue weighted by Crippen LogP contribution is 2.13. The number of thiazole rings is 1. The van der Waals surface area contributed by atoms with E-state index in [4.69, 9.17) is 0 Å². The number of nitrogens with zero attached hydrogens (tertiary/aromatic N) is 2. The molecule has 0 bridgehead atoms. The van der Waals surface area contributed by atoms with Crippen LogP contribution in [0.1, 0.15) is 15.4 Å². The Bertz CT molecular complexity index is 467. The highest BCUT2D eigenvalue weighted by molar-refractivity contribution is 7.12. The molecule has 0 spiro atoms. The predicted octanol–water partition coefficient (Wildman–Crippen LogP) is 2.10. The number of rotatable bonds is 2. The number of aromatic nitrogens is 2. The normalized spacial score (nSPS) is 9.93. The fraction of sp³-hybridized carbons (Fsp3) is 0.100. The average molecular weight is 219 g/mol. The van der Waals surface area contributed by atoms with Crippen LogP contribution >= 0.6 is 11.3 Å². The van der Waals surface area contributed by atoms with Gasteiger partial charge in [-0.25, -0.2) is 9.97 Å². The highest BCUT2D eigenvalue weighted by Gasteiger charge is 2.11. The van der Waals surface area contributed by atoms with Gasteiger partial charge in [0.2, 0.25) is 0 Å². The van der Waals surface area contributed by atoms with Crippen LogP contribution in [0.15, 0.2) is 29.9 Å². The highest BCUT2D eigenvalue weighted by atomic mass is 32.1. The number of carbonyl (C=O) groups is 1. The quantitative estimate of drug-likeness (QED) is 0.841. The number of hydrogen-bond acceptors (Lipinski definition) is 4. The van der Waals surface area contributed by atoms with Gasteiger partial charge >= 0.3 is 0 Å². The molecular formula is C10H9N3OS. The number of hydrogen-bond donors (Lipinski definition) is 1. The summed E-state index contributed by atoms with van der Waals surface area (Å²) in [5, 5.41) is 2.71. The molecule has 0 aromatic carbocycles. The van der Waals surface area contributed by atoms with Gasteiger partial charge in [0.05, 0.1) is 11.2 Å². The molecular weight excluding hydrogens is 210 g/mol. The third kappa shape index (κ3) is 2.19. The lowest BCUT2D eigenvalue weighted by Gasteiger charge is -2.01. The van der Waals surface area contributed by atoms with Gasteiger partial charge in [-0.15, -0.1) is 11.3 Å². The Balaban J connectivity index is 2.15. The van der Waals surface area contributed by atoms with E-state index in [0.717, 1.165) is 5.69 Å². The summed E-state index contributed by atoms with van der Waals surface area (Å²) in [4.78, 5) is 20.4. The largest absolute Gasteiger partial charge is 0.306 e. The number of anilines is 1. The summed E-state index contributed by atoms with van der Waals surface area (Å²) < 4.78 is 0. The first-order valence-electron chi connectivity index (χ1n) is 4.40. The lowest BCUT2D eigenvalue weighted by Crippen LogP contribution is -2.12. The molecule has 2 aromatic heterocycles. The summed E-state index contributed by atoms with van der Waals surface area (Å²) in [5.74, 6) is 0.393. The maximum atomic E-state index is 11.7. The van der Waals surface area contributed by atoms with Crippen LogP contribution in [0.25, 0.3) is 0 Å². The number of nitrogens with one attached hydrogen (secondary N) is 1. The molecule has 0 aliphatic heterocycles. The van der Waals surface area contributed by atoms with Crippen molar-refractivity contribution in [3.05, 3.63) is 40.5 Å². The molecule has 2 rings (SSSR count). The van der Waals surface area contributed by atoms with Gasteiger partial charge in [-0.3, -0.25) is 4.79 Å². The minimum Gasteiger partial charge on any atom is -0.306 e. The van der Waals surface area contributed by atoms with Crippen molar-refractivity contribution in [2.75, 3.05) is 5.32 Å². The minimum absolute atomic E-state index is 0.159. The molecule has 0 saturated heterocycles. The van der Waals surface area contributed by atoms with Crippen molar-refractivity contribution in [2.24, 2.45) is 0 Å². The van der Waals surface area contributed by atoms with Crippen LogP contribution in [-0.4, -0.2) is 15.9 Å². The monoisotopic (exact) mass is 219 g/mol. The Labute approximate surface area is 91.0 Å². The van der Waals surface area contributed by atoms with Gasteiger partial charge < -0.3 is 5.32 Å². The van der Waals surface area contributed by atoms with E-state index in [-0.39, 0.29) is 5.91 Å². The molecule has 2 aromatic rings. The SMILES string of the molecule is Cc1ncsc1C(=O)Nc1ccccn1. The van der Waals surface area contributed by atoms with E-state index >= 15 is 0 Å². The van der Waals surface area contributed by atoms with Crippen molar-refractivity contribution in [3.8, 4) is 0 Å². The molecule has 0 saturated carbocycles. The molecule has 76 valence electrons. The Hall–Kier alpha value is -1.75. The zero-order valence-electron chi connectivity index (χ0n) is 8.10. The first kappa shape index (κ1) is 9.79. The zero-order valence-corrected chi connectivity index (χ0v) is 8.91. The standard InChI is InChI=1S/C10H9N3OS/c1-7-9(15-6-12-7)10(14)13-8-4-2-3-5-11-8/h2-6H,1H3,(H,11,13,14). The molecule has 5 heteroatoms. The molecule has 1 amide bonds. The van der Waals surface area contributed by atoms with E-state index in [1.165, 1.54) is 11.3 Å². The van der Waals surface area contributed by atoms with Crippen LogP contribution in [0.5, 0.6) is 0 Å². The van der Waals surface area contributed by atoms with Crippen LogP contribution in [0, 0.1) is 6.92 Å². The molecule has 4 nitrogen and oxygen atoms in total. The van der Waals surface area contributed by atoms with Crippen molar-refractivity contribution in [1.29, 1.82) is 0 Å². The van der Waals surface area contributed by atoms with Gasteiger partial charge in [-0.1, -0.05) is 6.07 Å². The third-order valence-electron chi connectivity index (χ3n) is 1.86. The van der Waals surface area contributed by atoms with Gasteiger partial charge in [-0.05, 0) is 19.1 Å². The van der Waals surface area contributed by atoms with E-state index in [1.54, 1.807) is 23.8 Å². The van der Waals surface area contributed by atoms with Crippen molar-refractivity contribution >= 4 is 23.1 Å².